The van der Waals surface area contributed by atoms with Gasteiger partial charge in [0.1, 0.15) is 23.1 Å². The van der Waals surface area contributed by atoms with Gasteiger partial charge in [-0.2, -0.15) is 5.26 Å². The molecule has 4 nitrogen and oxygen atoms in total. The molecule has 0 aromatic heterocycles. The lowest BCUT2D eigenvalue weighted by molar-refractivity contribution is 0.101. The average Bonchev–Trinajstić information content (AvgIpc) is 2.86. The number of allylic oxidation sites excluding steroid dienone is 2. The van der Waals surface area contributed by atoms with Crippen LogP contribution in [-0.2, 0) is 0 Å². The SMILES string of the molecule is COc1ccc(/C(C#N)=C2\Oc3ccccc3C2=O)cc1. The van der Waals surface area contributed by atoms with Gasteiger partial charge < -0.3 is 9.47 Å². The molecule has 2 aromatic rings. The molecule has 0 saturated carbocycles. The smallest absolute Gasteiger partial charge is 0.233 e. The van der Waals surface area contributed by atoms with E-state index in [1.165, 1.54) is 0 Å². The Morgan fingerprint density at radius 1 is 1.14 bits per heavy atom. The van der Waals surface area contributed by atoms with Crippen molar-refractivity contribution in [2.75, 3.05) is 7.11 Å². The van der Waals surface area contributed by atoms with Gasteiger partial charge in [-0.05, 0) is 42.0 Å². The van der Waals surface area contributed by atoms with Crippen LogP contribution in [0.4, 0.5) is 0 Å². The van der Waals surface area contributed by atoms with Crippen molar-refractivity contribution in [3.8, 4) is 17.6 Å². The predicted octanol–water partition coefficient (Wildman–Crippen LogP) is 3.21. The molecule has 0 saturated heterocycles. The van der Waals surface area contributed by atoms with Crippen molar-refractivity contribution in [3.63, 3.8) is 0 Å². The van der Waals surface area contributed by atoms with E-state index in [4.69, 9.17) is 9.47 Å². The van der Waals surface area contributed by atoms with Crippen molar-refractivity contribution in [2.45, 2.75) is 0 Å². The topological polar surface area (TPSA) is 59.3 Å². The molecule has 0 atom stereocenters. The highest BCUT2D eigenvalue weighted by atomic mass is 16.5. The molecule has 1 aliphatic rings. The molecule has 0 spiro atoms. The van der Waals surface area contributed by atoms with Gasteiger partial charge in [0.15, 0.2) is 5.76 Å². The fourth-order valence-electron chi connectivity index (χ4n) is 2.19. The quantitative estimate of drug-likeness (QED) is 0.624. The molecule has 0 N–H and O–H groups in total. The minimum Gasteiger partial charge on any atom is -0.497 e. The number of carbonyl (C=O) groups excluding carboxylic acids is 1. The van der Waals surface area contributed by atoms with Gasteiger partial charge in [0, 0.05) is 0 Å². The number of carbonyl (C=O) groups is 1. The third-order valence-electron chi connectivity index (χ3n) is 3.27. The predicted molar refractivity (Wildman–Crippen MR) is 76.9 cm³/mol. The standard InChI is InChI=1S/C17H11NO3/c1-20-12-8-6-11(7-9-12)14(10-18)17-16(19)13-4-2-3-5-15(13)21-17/h2-9H,1H3/b17-14-. The number of Topliss-reactive ketones (excluding diaryl/α,β-unsaturated/α-hetero) is 1. The summed E-state index contributed by atoms with van der Waals surface area (Å²) >= 11 is 0. The average molecular weight is 277 g/mol. The lowest BCUT2D eigenvalue weighted by atomic mass is 10.0. The summed E-state index contributed by atoms with van der Waals surface area (Å²) in [5.41, 5.74) is 1.32. The van der Waals surface area contributed by atoms with Crippen LogP contribution >= 0.6 is 0 Å². The van der Waals surface area contributed by atoms with Crippen LogP contribution in [0, 0.1) is 11.3 Å². The molecular weight excluding hydrogens is 266 g/mol. The second-order valence-corrected chi connectivity index (χ2v) is 4.47. The van der Waals surface area contributed by atoms with E-state index in [2.05, 4.69) is 6.07 Å². The van der Waals surface area contributed by atoms with Gasteiger partial charge in [-0.25, -0.2) is 0 Å². The van der Waals surface area contributed by atoms with Crippen molar-refractivity contribution < 1.29 is 14.3 Å². The first-order valence-electron chi connectivity index (χ1n) is 6.35. The number of hydrogen-bond donors (Lipinski definition) is 0. The number of hydrogen-bond acceptors (Lipinski definition) is 4. The maximum atomic E-state index is 12.3. The number of benzene rings is 2. The molecule has 0 radical (unpaired) electrons. The molecule has 0 unspecified atom stereocenters. The number of methoxy groups -OCH3 is 1. The van der Waals surface area contributed by atoms with Gasteiger partial charge in [-0.15, -0.1) is 0 Å². The number of ether oxygens (including phenoxy) is 2. The lowest BCUT2D eigenvalue weighted by Gasteiger charge is -2.04. The Morgan fingerprint density at radius 2 is 1.86 bits per heavy atom. The molecule has 4 heteroatoms. The van der Waals surface area contributed by atoms with Crippen molar-refractivity contribution in [1.29, 1.82) is 5.26 Å². The maximum Gasteiger partial charge on any atom is 0.233 e. The summed E-state index contributed by atoms with van der Waals surface area (Å²) in [6, 6.07) is 15.9. The highest BCUT2D eigenvalue weighted by molar-refractivity contribution is 6.17. The minimum absolute atomic E-state index is 0.0730. The van der Waals surface area contributed by atoms with E-state index in [-0.39, 0.29) is 17.1 Å². The molecule has 102 valence electrons. The monoisotopic (exact) mass is 277 g/mol. The van der Waals surface area contributed by atoms with E-state index >= 15 is 0 Å². The minimum atomic E-state index is -0.266. The lowest BCUT2D eigenvalue weighted by Crippen LogP contribution is -2.02. The van der Waals surface area contributed by atoms with E-state index in [9.17, 15) is 10.1 Å². The number of nitriles is 1. The van der Waals surface area contributed by atoms with Gasteiger partial charge in [0.2, 0.25) is 5.78 Å². The number of rotatable bonds is 2. The zero-order chi connectivity index (χ0) is 14.8. The highest BCUT2D eigenvalue weighted by Crippen LogP contribution is 2.34. The summed E-state index contributed by atoms with van der Waals surface area (Å²) in [7, 11) is 1.57. The Morgan fingerprint density at radius 3 is 2.48 bits per heavy atom. The Kier molecular flexibility index (Phi) is 3.17. The van der Waals surface area contributed by atoms with E-state index < -0.39 is 0 Å². The maximum absolute atomic E-state index is 12.3. The Bertz CT molecular complexity index is 782. The molecule has 0 amide bonds. The zero-order valence-corrected chi connectivity index (χ0v) is 11.3. The van der Waals surface area contributed by atoms with Crippen LogP contribution in [0.5, 0.6) is 11.5 Å². The van der Waals surface area contributed by atoms with E-state index in [0.717, 1.165) is 0 Å². The number of nitrogens with zero attached hydrogens (tertiary/aromatic N) is 1. The van der Waals surface area contributed by atoms with E-state index in [1.54, 1.807) is 55.6 Å². The molecule has 0 fully saturated rings. The van der Waals surface area contributed by atoms with Crippen LogP contribution in [0.2, 0.25) is 0 Å². The second-order valence-electron chi connectivity index (χ2n) is 4.47. The van der Waals surface area contributed by atoms with Crippen LogP contribution in [-0.4, -0.2) is 12.9 Å². The van der Waals surface area contributed by atoms with Crippen LogP contribution in [0.15, 0.2) is 54.3 Å². The number of ketones is 1. The molecular formula is C17H11NO3. The summed E-state index contributed by atoms with van der Waals surface area (Å²) in [6.45, 7) is 0. The summed E-state index contributed by atoms with van der Waals surface area (Å²) in [5.74, 6) is 0.976. The Hall–Kier alpha value is -3.06. The van der Waals surface area contributed by atoms with E-state index in [1.807, 2.05) is 0 Å². The molecule has 1 aliphatic heterocycles. The normalized spacial score (nSPS) is 15.0. The molecule has 21 heavy (non-hydrogen) atoms. The van der Waals surface area contributed by atoms with E-state index in [0.29, 0.717) is 22.6 Å². The largest absolute Gasteiger partial charge is 0.497 e. The summed E-state index contributed by atoms with van der Waals surface area (Å²) in [4.78, 5) is 12.3. The number of fused-ring (bicyclic) bond motifs is 1. The molecule has 3 rings (SSSR count). The second kappa shape index (κ2) is 5.14. The first-order chi connectivity index (χ1) is 10.2. The van der Waals surface area contributed by atoms with Crippen LogP contribution < -0.4 is 9.47 Å². The third-order valence-corrected chi connectivity index (χ3v) is 3.27. The molecule has 1 heterocycles. The molecule has 0 aliphatic carbocycles. The zero-order valence-electron chi connectivity index (χ0n) is 11.3. The molecule has 0 bridgehead atoms. The van der Waals surface area contributed by atoms with Crippen molar-refractivity contribution in [1.82, 2.24) is 0 Å². The van der Waals surface area contributed by atoms with Gasteiger partial charge in [0.05, 0.1) is 12.7 Å². The van der Waals surface area contributed by atoms with Gasteiger partial charge in [0.25, 0.3) is 0 Å². The fraction of sp³-hybridized carbons (Fsp3) is 0.0588. The first-order valence-corrected chi connectivity index (χ1v) is 6.35. The van der Waals surface area contributed by atoms with Gasteiger partial charge >= 0.3 is 0 Å². The first kappa shape index (κ1) is 12.9. The Labute approximate surface area is 121 Å². The van der Waals surface area contributed by atoms with Crippen molar-refractivity contribution >= 4 is 11.4 Å². The fourth-order valence-corrected chi connectivity index (χ4v) is 2.19. The summed E-state index contributed by atoms with van der Waals surface area (Å²) in [5, 5.41) is 9.39. The van der Waals surface area contributed by atoms with Gasteiger partial charge in [-0.1, -0.05) is 12.1 Å². The summed E-state index contributed by atoms with van der Waals surface area (Å²) < 4.78 is 10.6. The Balaban J connectivity index is 2.08. The number of para-hydroxylation sites is 1. The van der Waals surface area contributed by atoms with Crippen molar-refractivity contribution in [3.05, 3.63) is 65.4 Å². The van der Waals surface area contributed by atoms with Crippen molar-refractivity contribution in [2.24, 2.45) is 0 Å². The molecule has 2 aromatic carbocycles. The van der Waals surface area contributed by atoms with Crippen LogP contribution in [0.25, 0.3) is 5.57 Å². The van der Waals surface area contributed by atoms with Crippen LogP contribution in [0.1, 0.15) is 15.9 Å². The summed E-state index contributed by atoms with van der Waals surface area (Å²) in [6.07, 6.45) is 0. The third kappa shape index (κ3) is 2.15. The highest BCUT2D eigenvalue weighted by Gasteiger charge is 2.30. The van der Waals surface area contributed by atoms with Gasteiger partial charge in [-0.3, -0.25) is 4.79 Å². The van der Waals surface area contributed by atoms with Crippen LogP contribution in [0.3, 0.4) is 0 Å².